The van der Waals surface area contributed by atoms with Crippen LogP contribution in [-0.4, -0.2) is 79.5 Å². The van der Waals surface area contributed by atoms with Crippen LogP contribution in [0.2, 0.25) is 0 Å². The van der Waals surface area contributed by atoms with Gasteiger partial charge in [0.05, 0.1) is 32.7 Å². The van der Waals surface area contributed by atoms with Crippen LogP contribution in [0.25, 0.3) is 0 Å². The Morgan fingerprint density at radius 1 is 1.08 bits per heavy atom. The summed E-state index contributed by atoms with van der Waals surface area (Å²) in [6, 6.07) is -2.78. The third-order valence-electron chi connectivity index (χ3n) is 2.73. The van der Waals surface area contributed by atoms with Gasteiger partial charge in [0.25, 0.3) is 0 Å². The third-order valence-corrected chi connectivity index (χ3v) is 2.73. The number of methoxy groups -OCH3 is 1. The van der Waals surface area contributed by atoms with E-state index in [1.165, 1.54) is 7.11 Å². The minimum absolute atomic E-state index is 0.114. The normalized spacial score (nSPS) is 12.9. The van der Waals surface area contributed by atoms with Crippen molar-refractivity contribution in [2.24, 2.45) is 5.73 Å². The van der Waals surface area contributed by atoms with Gasteiger partial charge >= 0.3 is 11.9 Å². The SMILES string of the molecule is COCCOCCNC(=O)C(CC(=O)O)NC(=O)CC(N)C(=O)O. The van der Waals surface area contributed by atoms with E-state index < -0.39 is 48.7 Å². The van der Waals surface area contributed by atoms with Crippen molar-refractivity contribution in [2.45, 2.75) is 24.9 Å². The third kappa shape index (κ3) is 10.5. The molecule has 24 heavy (non-hydrogen) atoms. The zero-order valence-corrected chi connectivity index (χ0v) is 13.3. The van der Waals surface area contributed by atoms with Crippen molar-refractivity contribution in [3.63, 3.8) is 0 Å². The van der Waals surface area contributed by atoms with E-state index in [0.29, 0.717) is 13.2 Å². The number of carbonyl (C=O) groups excluding carboxylic acids is 2. The predicted octanol–water partition coefficient (Wildman–Crippen LogP) is -2.47. The van der Waals surface area contributed by atoms with Gasteiger partial charge in [-0.25, -0.2) is 0 Å². The smallest absolute Gasteiger partial charge is 0.321 e. The highest BCUT2D eigenvalue weighted by atomic mass is 16.5. The molecular weight excluding hydrogens is 326 g/mol. The summed E-state index contributed by atoms with van der Waals surface area (Å²) in [6.45, 7) is 1.04. The molecule has 0 radical (unpaired) electrons. The first-order chi connectivity index (χ1) is 11.3. The first kappa shape index (κ1) is 21.8. The van der Waals surface area contributed by atoms with Gasteiger partial charge in [-0.05, 0) is 0 Å². The molecule has 138 valence electrons. The van der Waals surface area contributed by atoms with Crippen molar-refractivity contribution >= 4 is 23.8 Å². The lowest BCUT2D eigenvalue weighted by Crippen LogP contribution is -2.50. The molecule has 0 aliphatic heterocycles. The molecule has 11 heteroatoms. The summed E-state index contributed by atoms with van der Waals surface area (Å²) in [5.41, 5.74) is 5.20. The second kappa shape index (κ2) is 12.2. The summed E-state index contributed by atoms with van der Waals surface area (Å²) < 4.78 is 9.89. The molecule has 0 aliphatic rings. The van der Waals surface area contributed by atoms with Gasteiger partial charge in [0.2, 0.25) is 11.8 Å². The van der Waals surface area contributed by atoms with E-state index in [1.807, 2.05) is 0 Å². The molecule has 2 unspecified atom stereocenters. The fraction of sp³-hybridized carbons (Fsp3) is 0.692. The van der Waals surface area contributed by atoms with E-state index >= 15 is 0 Å². The Hall–Kier alpha value is -2.24. The van der Waals surface area contributed by atoms with Gasteiger partial charge in [-0.15, -0.1) is 0 Å². The number of amides is 2. The number of aliphatic carboxylic acids is 2. The van der Waals surface area contributed by atoms with Crippen molar-refractivity contribution < 1.29 is 38.9 Å². The zero-order chi connectivity index (χ0) is 18.5. The molecule has 6 N–H and O–H groups in total. The van der Waals surface area contributed by atoms with Gasteiger partial charge in [0.15, 0.2) is 0 Å². The highest BCUT2D eigenvalue weighted by Crippen LogP contribution is 1.96. The Morgan fingerprint density at radius 2 is 1.75 bits per heavy atom. The summed E-state index contributed by atoms with van der Waals surface area (Å²) in [5.74, 6) is -4.22. The maximum absolute atomic E-state index is 11.9. The average Bonchev–Trinajstić information content (AvgIpc) is 2.49. The Labute approximate surface area is 138 Å². The van der Waals surface area contributed by atoms with Gasteiger partial charge in [-0.3, -0.25) is 19.2 Å². The van der Waals surface area contributed by atoms with E-state index in [-0.39, 0.29) is 13.2 Å². The Kier molecular flexibility index (Phi) is 11.1. The summed E-state index contributed by atoms with van der Waals surface area (Å²) in [7, 11) is 1.51. The molecule has 0 heterocycles. The van der Waals surface area contributed by atoms with Crippen LogP contribution in [0.5, 0.6) is 0 Å². The second-order valence-corrected chi connectivity index (χ2v) is 4.76. The fourth-order valence-electron chi connectivity index (χ4n) is 1.54. The maximum Gasteiger partial charge on any atom is 0.321 e. The number of carboxylic acids is 2. The van der Waals surface area contributed by atoms with Gasteiger partial charge in [-0.1, -0.05) is 0 Å². The van der Waals surface area contributed by atoms with Crippen LogP contribution in [0.15, 0.2) is 0 Å². The second-order valence-electron chi connectivity index (χ2n) is 4.76. The molecule has 0 aliphatic carbocycles. The van der Waals surface area contributed by atoms with Gasteiger partial charge in [0, 0.05) is 13.7 Å². The van der Waals surface area contributed by atoms with Gasteiger partial charge in [-0.2, -0.15) is 0 Å². The molecule has 2 atom stereocenters. The molecular formula is C13H23N3O8. The van der Waals surface area contributed by atoms with Crippen molar-refractivity contribution in [2.75, 3.05) is 33.5 Å². The largest absolute Gasteiger partial charge is 0.481 e. The minimum Gasteiger partial charge on any atom is -0.481 e. The molecule has 0 spiro atoms. The van der Waals surface area contributed by atoms with E-state index in [2.05, 4.69) is 10.6 Å². The van der Waals surface area contributed by atoms with Crippen LogP contribution >= 0.6 is 0 Å². The van der Waals surface area contributed by atoms with Crippen molar-refractivity contribution in [1.29, 1.82) is 0 Å². The van der Waals surface area contributed by atoms with E-state index in [1.54, 1.807) is 0 Å². The molecule has 2 amide bonds. The predicted molar refractivity (Wildman–Crippen MR) is 80.1 cm³/mol. The number of nitrogens with two attached hydrogens (primary N) is 1. The summed E-state index contributed by atoms with van der Waals surface area (Å²) in [4.78, 5) is 44.9. The topological polar surface area (TPSA) is 177 Å². The maximum atomic E-state index is 11.9. The summed E-state index contributed by atoms with van der Waals surface area (Å²) in [5, 5.41) is 22.0. The number of carbonyl (C=O) groups is 4. The van der Waals surface area contributed by atoms with Crippen LogP contribution in [0.4, 0.5) is 0 Å². The quantitative estimate of drug-likeness (QED) is 0.225. The molecule has 11 nitrogen and oxygen atoms in total. The number of rotatable bonds is 13. The lowest BCUT2D eigenvalue weighted by Gasteiger charge is -2.17. The number of nitrogens with one attached hydrogen (secondary N) is 2. The van der Waals surface area contributed by atoms with Gasteiger partial charge < -0.3 is 36.1 Å². The van der Waals surface area contributed by atoms with E-state index in [4.69, 9.17) is 25.4 Å². The molecule has 0 bridgehead atoms. The Balaban J connectivity index is 4.37. The highest BCUT2D eigenvalue weighted by molar-refractivity contribution is 5.92. The van der Waals surface area contributed by atoms with Crippen LogP contribution in [-0.2, 0) is 28.7 Å². The van der Waals surface area contributed by atoms with E-state index in [0.717, 1.165) is 0 Å². The number of hydrogen-bond acceptors (Lipinski definition) is 7. The molecule has 0 saturated carbocycles. The Bertz CT molecular complexity index is 443. The summed E-state index contributed by atoms with van der Waals surface area (Å²) in [6.07, 6.45) is -1.22. The van der Waals surface area contributed by atoms with Crippen molar-refractivity contribution in [3.05, 3.63) is 0 Å². The fourth-order valence-corrected chi connectivity index (χ4v) is 1.54. The lowest BCUT2D eigenvalue weighted by molar-refractivity contribution is -0.142. The standard InChI is InChI=1S/C13H23N3O8/c1-23-4-5-24-3-2-15-12(20)9(7-11(18)19)16-10(17)6-8(14)13(21)22/h8-9H,2-7,14H2,1H3,(H,15,20)(H,16,17)(H,18,19)(H,21,22). The summed E-state index contributed by atoms with van der Waals surface area (Å²) >= 11 is 0. The lowest BCUT2D eigenvalue weighted by atomic mass is 10.1. The van der Waals surface area contributed by atoms with Crippen LogP contribution in [0.3, 0.4) is 0 Å². The average molecular weight is 349 g/mol. The number of carboxylic acid groups (broad SMARTS) is 2. The molecule has 0 saturated heterocycles. The van der Waals surface area contributed by atoms with Gasteiger partial charge in [0.1, 0.15) is 12.1 Å². The molecule has 0 fully saturated rings. The van der Waals surface area contributed by atoms with Crippen molar-refractivity contribution in [3.8, 4) is 0 Å². The molecule has 0 aromatic rings. The monoisotopic (exact) mass is 349 g/mol. The molecule has 0 aromatic carbocycles. The van der Waals surface area contributed by atoms with E-state index in [9.17, 15) is 19.2 Å². The number of ether oxygens (including phenoxy) is 2. The van der Waals surface area contributed by atoms with Crippen molar-refractivity contribution in [1.82, 2.24) is 10.6 Å². The first-order valence-electron chi connectivity index (χ1n) is 7.11. The minimum atomic E-state index is -1.44. The van der Waals surface area contributed by atoms with Crippen LogP contribution in [0, 0.1) is 0 Å². The highest BCUT2D eigenvalue weighted by Gasteiger charge is 2.25. The Morgan fingerprint density at radius 3 is 2.29 bits per heavy atom. The first-order valence-corrected chi connectivity index (χ1v) is 7.11. The zero-order valence-electron chi connectivity index (χ0n) is 13.3. The molecule has 0 rings (SSSR count). The van der Waals surface area contributed by atoms with Crippen LogP contribution < -0.4 is 16.4 Å². The van der Waals surface area contributed by atoms with Crippen LogP contribution in [0.1, 0.15) is 12.8 Å². The number of hydrogen-bond donors (Lipinski definition) is 5. The molecule has 0 aromatic heterocycles.